The lowest BCUT2D eigenvalue weighted by molar-refractivity contribution is 0.208. The fourth-order valence-electron chi connectivity index (χ4n) is 3.54. The molecule has 1 aliphatic rings. The van der Waals surface area contributed by atoms with Gasteiger partial charge in [-0.3, -0.25) is 4.98 Å². The van der Waals surface area contributed by atoms with Crippen LogP contribution in [0.1, 0.15) is 0 Å². The summed E-state index contributed by atoms with van der Waals surface area (Å²) in [6, 6.07) is 18.1. The van der Waals surface area contributed by atoms with Crippen molar-refractivity contribution in [2.75, 3.05) is 55.4 Å². The molecule has 0 aliphatic carbocycles. The first kappa shape index (κ1) is 18.1. The Balaban J connectivity index is 1.39. The number of hydrogen-bond donors (Lipinski definition) is 1. The number of carbonyl (C=O) groups excluding carboxylic acids is 1. The van der Waals surface area contributed by atoms with E-state index in [-0.39, 0.29) is 6.03 Å². The Hall–Kier alpha value is -3.28. The summed E-state index contributed by atoms with van der Waals surface area (Å²) in [4.78, 5) is 23.4. The number of piperazine rings is 1. The van der Waals surface area contributed by atoms with Gasteiger partial charge >= 0.3 is 6.03 Å². The molecule has 28 heavy (non-hydrogen) atoms. The SMILES string of the molecule is CN(C)c1ccc(NC(=O)N2CCN(c3cccc4cccnc34)CC2)cc1. The molecule has 0 unspecified atom stereocenters. The minimum atomic E-state index is -0.0479. The largest absolute Gasteiger partial charge is 0.378 e. The van der Waals surface area contributed by atoms with Crippen molar-refractivity contribution in [3.05, 3.63) is 60.8 Å². The summed E-state index contributed by atoms with van der Waals surface area (Å²) in [5.41, 5.74) is 4.08. The van der Waals surface area contributed by atoms with Crippen LogP contribution in [0.25, 0.3) is 10.9 Å². The Morgan fingerprint density at radius 1 is 0.964 bits per heavy atom. The summed E-state index contributed by atoms with van der Waals surface area (Å²) in [6.45, 7) is 2.96. The van der Waals surface area contributed by atoms with Crippen molar-refractivity contribution < 1.29 is 4.79 Å². The topological polar surface area (TPSA) is 51.7 Å². The summed E-state index contributed by atoms with van der Waals surface area (Å²) in [5, 5.41) is 4.14. The molecule has 3 aromatic rings. The summed E-state index contributed by atoms with van der Waals surface area (Å²) in [5.74, 6) is 0. The minimum absolute atomic E-state index is 0.0479. The Morgan fingerprint density at radius 2 is 1.68 bits per heavy atom. The number of para-hydroxylation sites is 1. The zero-order valence-electron chi connectivity index (χ0n) is 16.3. The number of benzene rings is 2. The molecule has 144 valence electrons. The second-order valence-electron chi connectivity index (χ2n) is 7.20. The number of nitrogens with one attached hydrogen (secondary N) is 1. The van der Waals surface area contributed by atoms with Gasteiger partial charge in [0, 0.05) is 63.2 Å². The lowest BCUT2D eigenvalue weighted by Gasteiger charge is -2.36. The maximum Gasteiger partial charge on any atom is 0.321 e. The van der Waals surface area contributed by atoms with E-state index in [4.69, 9.17) is 0 Å². The van der Waals surface area contributed by atoms with Crippen LogP contribution in [-0.2, 0) is 0 Å². The highest BCUT2D eigenvalue weighted by Gasteiger charge is 2.22. The molecule has 6 heteroatoms. The molecule has 0 radical (unpaired) electrons. The van der Waals surface area contributed by atoms with Gasteiger partial charge in [0.2, 0.25) is 0 Å². The predicted octanol–water partition coefficient (Wildman–Crippen LogP) is 3.65. The molecule has 1 aromatic heterocycles. The quantitative estimate of drug-likeness (QED) is 0.759. The molecule has 1 N–H and O–H groups in total. The van der Waals surface area contributed by atoms with Gasteiger partial charge in [-0.2, -0.15) is 0 Å². The van der Waals surface area contributed by atoms with Gasteiger partial charge in [0.25, 0.3) is 0 Å². The van der Waals surface area contributed by atoms with Gasteiger partial charge in [0.15, 0.2) is 0 Å². The van der Waals surface area contributed by atoms with Crippen molar-refractivity contribution in [1.82, 2.24) is 9.88 Å². The molecule has 1 aliphatic heterocycles. The first-order valence-corrected chi connectivity index (χ1v) is 9.54. The van der Waals surface area contributed by atoms with Gasteiger partial charge in [-0.15, -0.1) is 0 Å². The summed E-state index contributed by atoms with van der Waals surface area (Å²) < 4.78 is 0. The molecule has 1 fully saturated rings. The number of carbonyl (C=O) groups is 1. The fraction of sp³-hybridized carbons (Fsp3) is 0.273. The van der Waals surface area contributed by atoms with Gasteiger partial charge < -0.3 is 20.0 Å². The van der Waals surface area contributed by atoms with Gasteiger partial charge in [-0.1, -0.05) is 18.2 Å². The predicted molar refractivity (Wildman–Crippen MR) is 115 cm³/mol. The van der Waals surface area contributed by atoms with Gasteiger partial charge in [-0.25, -0.2) is 4.79 Å². The number of pyridine rings is 1. The average molecular weight is 375 g/mol. The number of amides is 2. The molecular formula is C22H25N5O. The van der Waals surface area contributed by atoms with Crippen molar-refractivity contribution in [2.24, 2.45) is 0 Å². The van der Waals surface area contributed by atoms with E-state index >= 15 is 0 Å². The molecule has 2 aromatic carbocycles. The summed E-state index contributed by atoms with van der Waals surface area (Å²) >= 11 is 0. The third kappa shape index (κ3) is 3.71. The Morgan fingerprint density at radius 3 is 2.39 bits per heavy atom. The third-order valence-corrected chi connectivity index (χ3v) is 5.15. The van der Waals surface area contributed by atoms with Crippen LogP contribution in [0.3, 0.4) is 0 Å². The van der Waals surface area contributed by atoms with Crippen LogP contribution in [-0.4, -0.2) is 56.2 Å². The lowest BCUT2D eigenvalue weighted by atomic mass is 10.1. The van der Waals surface area contributed by atoms with Crippen molar-refractivity contribution >= 4 is 34.0 Å². The zero-order valence-corrected chi connectivity index (χ0v) is 16.3. The van der Waals surface area contributed by atoms with E-state index in [0.29, 0.717) is 13.1 Å². The van der Waals surface area contributed by atoms with E-state index in [1.807, 2.05) is 60.4 Å². The van der Waals surface area contributed by atoms with E-state index in [9.17, 15) is 4.79 Å². The van der Waals surface area contributed by atoms with Crippen LogP contribution in [0.2, 0.25) is 0 Å². The molecule has 1 saturated heterocycles. The van der Waals surface area contributed by atoms with Crippen LogP contribution in [0.15, 0.2) is 60.8 Å². The van der Waals surface area contributed by atoms with Crippen LogP contribution in [0.5, 0.6) is 0 Å². The number of urea groups is 1. The number of rotatable bonds is 3. The number of aromatic nitrogens is 1. The second-order valence-corrected chi connectivity index (χ2v) is 7.20. The Bertz CT molecular complexity index is 957. The summed E-state index contributed by atoms with van der Waals surface area (Å²) in [6.07, 6.45) is 1.83. The normalized spacial score (nSPS) is 14.2. The van der Waals surface area contributed by atoms with Crippen LogP contribution in [0.4, 0.5) is 21.9 Å². The van der Waals surface area contributed by atoms with Crippen molar-refractivity contribution in [3.63, 3.8) is 0 Å². The van der Waals surface area contributed by atoms with Crippen molar-refractivity contribution in [2.45, 2.75) is 0 Å². The number of fused-ring (bicyclic) bond motifs is 1. The molecule has 2 amide bonds. The number of hydrogen-bond acceptors (Lipinski definition) is 4. The third-order valence-electron chi connectivity index (χ3n) is 5.15. The van der Waals surface area contributed by atoms with Crippen molar-refractivity contribution in [3.8, 4) is 0 Å². The average Bonchev–Trinajstić information content (AvgIpc) is 2.74. The second kappa shape index (κ2) is 7.76. The van der Waals surface area contributed by atoms with E-state index in [1.54, 1.807) is 0 Å². The van der Waals surface area contributed by atoms with Gasteiger partial charge in [-0.05, 0) is 36.4 Å². The highest BCUT2D eigenvalue weighted by molar-refractivity contribution is 5.91. The molecular weight excluding hydrogens is 350 g/mol. The lowest BCUT2D eigenvalue weighted by Crippen LogP contribution is -2.50. The molecule has 0 saturated carbocycles. The van der Waals surface area contributed by atoms with E-state index < -0.39 is 0 Å². The van der Waals surface area contributed by atoms with Gasteiger partial charge in [0.1, 0.15) is 0 Å². The van der Waals surface area contributed by atoms with Crippen LogP contribution >= 0.6 is 0 Å². The maximum absolute atomic E-state index is 12.6. The smallest absolute Gasteiger partial charge is 0.321 e. The first-order valence-electron chi connectivity index (χ1n) is 9.54. The minimum Gasteiger partial charge on any atom is -0.378 e. The van der Waals surface area contributed by atoms with Gasteiger partial charge in [0.05, 0.1) is 11.2 Å². The molecule has 4 rings (SSSR count). The van der Waals surface area contributed by atoms with Crippen LogP contribution < -0.4 is 15.1 Å². The van der Waals surface area contributed by atoms with Crippen molar-refractivity contribution in [1.29, 1.82) is 0 Å². The molecule has 0 atom stereocenters. The number of anilines is 3. The molecule has 0 bridgehead atoms. The molecule has 0 spiro atoms. The Labute approximate surface area is 165 Å². The number of nitrogens with zero attached hydrogens (tertiary/aromatic N) is 4. The standard InChI is InChI=1S/C22H25N5O/c1-25(2)19-10-8-18(9-11-19)24-22(28)27-15-13-26(14-16-27)20-7-3-5-17-6-4-12-23-21(17)20/h3-12H,13-16H2,1-2H3,(H,24,28). The Kier molecular flexibility index (Phi) is 5.02. The monoisotopic (exact) mass is 375 g/mol. The first-order chi connectivity index (χ1) is 13.6. The fourth-order valence-corrected chi connectivity index (χ4v) is 3.54. The zero-order chi connectivity index (χ0) is 19.5. The molecule has 6 nitrogen and oxygen atoms in total. The highest BCUT2D eigenvalue weighted by atomic mass is 16.2. The van der Waals surface area contributed by atoms with E-state index in [2.05, 4.69) is 39.5 Å². The molecule has 2 heterocycles. The highest BCUT2D eigenvalue weighted by Crippen LogP contribution is 2.26. The van der Waals surface area contributed by atoms with E-state index in [1.165, 1.54) is 0 Å². The maximum atomic E-state index is 12.6. The summed E-state index contributed by atoms with van der Waals surface area (Å²) in [7, 11) is 4.00. The van der Waals surface area contributed by atoms with Crippen LogP contribution in [0, 0.1) is 0 Å². The van der Waals surface area contributed by atoms with E-state index in [0.717, 1.165) is 41.1 Å².